The van der Waals surface area contributed by atoms with E-state index >= 15 is 0 Å². The minimum Gasteiger partial charge on any atom is -0.550 e. The number of carboxylic acids is 1. The summed E-state index contributed by atoms with van der Waals surface area (Å²) in [6, 6.07) is 3.96. The summed E-state index contributed by atoms with van der Waals surface area (Å²) in [5.74, 6) is -1.18. The number of hydrogen-bond acceptors (Lipinski definition) is 5. The summed E-state index contributed by atoms with van der Waals surface area (Å²) in [5, 5.41) is 20.9. The Labute approximate surface area is 85.2 Å². The molecule has 0 aliphatic carbocycles. The highest BCUT2D eigenvalue weighted by Gasteiger charge is 2.14. The van der Waals surface area contributed by atoms with E-state index in [1.54, 1.807) is 0 Å². The summed E-state index contributed by atoms with van der Waals surface area (Å²) in [6.45, 7) is 0. The zero-order valence-electron chi connectivity index (χ0n) is 7.93. The van der Waals surface area contributed by atoms with Gasteiger partial charge in [-0.1, -0.05) is 6.07 Å². The molecule has 0 bridgehead atoms. The van der Waals surface area contributed by atoms with E-state index in [4.69, 9.17) is 4.74 Å². The largest absolute Gasteiger partial charge is 0.550 e. The molecule has 6 heteroatoms. The summed E-state index contributed by atoms with van der Waals surface area (Å²) >= 11 is 0. The second-order valence-electron chi connectivity index (χ2n) is 2.81. The van der Waals surface area contributed by atoms with Crippen molar-refractivity contribution in [3.63, 3.8) is 0 Å². The molecular formula is C9H8NO5-. The molecule has 0 aromatic heterocycles. The third kappa shape index (κ3) is 2.67. The van der Waals surface area contributed by atoms with E-state index in [2.05, 4.69) is 0 Å². The molecule has 0 radical (unpaired) electrons. The predicted molar refractivity (Wildman–Crippen MR) is 48.4 cm³/mol. The van der Waals surface area contributed by atoms with Crippen molar-refractivity contribution in [3.8, 4) is 5.75 Å². The van der Waals surface area contributed by atoms with E-state index in [1.807, 2.05) is 0 Å². The van der Waals surface area contributed by atoms with Gasteiger partial charge in [0.05, 0.1) is 12.0 Å². The number of hydrogen-bond donors (Lipinski definition) is 0. The fraction of sp³-hybridized carbons (Fsp3) is 0.222. The molecule has 0 amide bonds. The first-order valence-corrected chi connectivity index (χ1v) is 4.05. The second kappa shape index (κ2) is 4.41. The van der Waals surface area contributed by atoms with E-state index in [0.717, 1.165) is 6.07 Å². The van der Waals surface area contributed by atoms with Gasteiger partial charge in [-0.3, -0.25) is 10.1 Å². The first kappa shape index (κ1) is 11.0. The van der Waals surface area contributed by atoms with Crippen LogP contribution in [0, 0.1) is 10.1 Å². The number of rotatable bonds is 4. The Morgan fingerprint density at radius 3 is 2.67 bits per heavy atom. The van der Waals surface area contributed by atoms with Crippen LogP contribution in [-0.4, -0.2) is 18.0 Å². The van der Waals surface area contributed by atoms with Gasteiger partial charge in [-0.2, -0.15) is 0 Å². The van der Waals surface area contributed by atoms with Crippen LogP contribution in [-0.2, 0) is 11.2 Å². The van der Waals surface area contributed by atoms with Crippen LogP contribution in [0.15, 0.2) is 18.2 Å². The Hall–Kier alpha value is -2.11. The van der Waals surface area contributed by atoms with Gasteiger partial charge in [0.2, 0.25) is 0 Å². The molecule has 0 N–H and O–H groups in total. The van der Waals surface area contributed by atoms with Gasteiger partial charge in [-0.15, -0.1) is 0 Å². The van der Waals surface area contributed by atoms with Crippen molar-refractivity contribution in [3.05, 3.63) is 33.9 Å². The highest BCUT2D eigenvalue weighted by atomic mass is 16.6. The first-order valence-electron chi connectivity index (χ1n) is 4.05. The lowest BCUT2D eigenvalue weighted by molar-refractivity contribution is -0.385. The molecule has 1 aromatic rings. The summed E-state index contributed by atoms with van der Waals surface area (Å²) in [6.07, 6.45) is -0.356. The summed E-state index contributed by atoms with van der Waals surface area (Å²) in [5.41, 5.74) is 0.0544. The van der Waals surface area contributed by atoms with Crippen LogP contribution in [0.4, 0.5) is 5.69 Å². The van der Waals surface area contributed by atoms with Crippen molar-refractivity contribution < 1.29 is 19.6 Å². The molecule has 1 rings (SSSR count). The quantitative estimate of drug-likeness (QED) is 0.510. The smallest absolute Gasteiger partial charge is 0.311 e. The van der Waals surface area contributed by atoms with E-state index in [9.17, 15) is 20.0 Å². The van der Waals surface area contributed by atoms with Gasteiger partial charge in [-0.25, -0.2) is 0 Å². The number of ether oxygens (including phenoxy) is 1. The molecule has 0 heterocycles. The van der Waals surface area contributed by atoms with Crippen molar-refractivity contribution in [2.45, 2.75) is 6.42 Å². The number of methoxy groups -OCH3 is 1. The molecule has 0 fully saturated rings. The average molecular weight is 210 g/mol. The van der Waals surface area contributed by atoms with Crippen LogP contribution < -0.4 is 9.84 Å². The monoisotopic (exact) mass is 210 g/mol. The molecule has 0 aliphatic heterocycles. The van der Waals surface area contributed by atoms with Crippen molar-refractivity contribution in [1.82, 2.24) is 0 Å². The molecule has 1 aromatic carbocycles. The van der Waals surface area contributed by atoms with Crippen molar-refractivity contribution >= 4 is 11.7 Å². The standard InChI is InChI=1S/C9H9NO5/c1-15-8-3-2-6(5-9(11)12)4-7(8)10(13)14/h2-4H,5H2,1H3,(H,11,12)/p-1. The summed E-state index contributed by atoms with van der Waals surface area (Å²) in [7, 11) is 1.31. The van der Waals surface area contributed by atoms with Crippen molar-refractivity contribution in [2.24, 2.45) is 0 Å². The van der Waals surface area contributed by atoms with Gasteiger partial charge in [-0.05, 0) is 11.6 Å². The van der Waals surface area contributed by atoms with Crippen molar-refractivity contribution in [1.29, 1.82) is 0 Å². The van der Waals surface area contributed by atoms with Crippen LogP contribution in [0.3, 0.4) is 0 Å². The van der Waals surface area contributed by atoms with Crippen LogP contribution in [0.1, 0.15) is 5.56 Å². The highest BCUT2D eigenvalue weighted by Crippen LogP contribution is 2.27. The highest BCUT2D eigenvalue weighted by molar-refractivity contribution is 5.68. The van der Waals surface area contributed by atoms with Crippen LogP contribution in [0.5, 0.6) is 5.75 Å². The maximum absolute atomic E-state index is 10.6. The lowest BCUT2D eigenvalue weighted by atomic mass is 10.1. The van der Waals surface area contributed by atoms with E-state index < -0.39 is 10.9 Å². The Kier molecular flexibility index (Phi) is 3.22. The zero-order chi connectivity index (χ0) is 11.4. The van der Waals surface area contributed by atoms with Crippen LogP contribution >= 0.6 is 0 Å². The van der Waals surface area contributed by atoms with E-state index in [-0.39, 0.29) is 17.9 Å². The SMILES string of the molecule is COc1ccc(CC(=O)[O-])cc1[N+](=O)[O-]. The number of benzene rings is 1. The minimum absolute atomic E-state index is 0.0992. The summed E-state index contributed by atoms with van der Waals surface area (Å²) < 4.78 is 4.76. The fourth-order valence-corrected chi connectivity index (χ4v) is 1.15. The molecule has 0 spiro atoms. The average Bonchev–Trinajstić information content (AvgIpc) is 2.16. The third-order valence-corrected chi connectivity index (χ3v) is 1.79. The molecule has 80 valence electrons. The first-order chi connectivity index (χ1) is 7.04. The Bertz CT molecular complexity index is 401. The number of carbonyl (C=O) groups is 1. The zero-order valence-corrected chi connectivity index (χ0v) is 7.93. The predicted octanol–water partition coefficient (Wildman–Crippen LogP) is -0.104. The molecule has 0 unspecified atom stereocenters. The number of nitrogens with zero attached hydrogens (tertiary/aromatic N) is 1. The lowest BCUT2D eigenvalue weighted by Gasteiger charge is -2.05. The number of nitro groups is 1. The molecule has 0 saturated heterocycles. The Morgan fingerprint density at radius 2 is 2.20 bits per heavy atom. The summed E-state index contributed by atoms with van der Waals surface area (Å²) in [4.78, 5) is 20.2. The number of carbonyl (C=O) groups excluding carboxylic acids is 1. The molecule has 0 atom stereocenters. The molecule has 6 nitrogen and oxygen atoms in total. The third-order valence-electron chi connectivity index (χ3n) is 1.79. The maximum atomic E-state index is 10.6. The van der Waals surface area contributed by atoms with Gasteiger partial charge in [0.15, 0.2) is 5.75 Å². The van der Waals surface area contributed by atoms with Gasteiger partial charge in [0, 0.05) is 18.5 Å². The fourth-order valence-electron chi connectivity index (χ4n) is 1.15. The number of carboxylic acid groups (broad SMARTS) is 1. The van der Waals surface area contributed by atoms with Gasteiger partial charge in [0.1, 0.15) is 0 Å². The van der Waals surface area contributed by atoms with E-state index in [1.165, 1.54) is 19.2 Å². The maximum Gasteiger partial charge on any atom is 0.311 e. The van der Waals surface area contributed by atoms with Gasteiger partial charge >= 0.3 is 5.69 Å². The lowest BCUT2D eigenvalue weighted by Crippen LogP contribution is -2.24. The Morgan fingerprint density at radius 1 is 1.53 bits per heavy atom. The molecule has 0 aliphatic rings. The van der Waals surface area contributed by atoms with Crippen LogP contribution in [0.25, 0.3) is 0 Å². The second-order valence-corrected chi connectivity index (χ2v) is 2.81. The van der Waals surface area contributed by atoms with Crippen molar-refractivity contribution in [2.75, 3.05) is 7.11 Å². The molecule has 0 saturated carbocycles. The molecular weight excluding hydrogens is 202 g/mol. The van der Waals surface area contributed by atoms with Gasteiger partial charge in [0.25, 0.3) is 0 Å². The van der Waals surface area contributed by atoms with Gasteiger partial charge < -0.3 is 14.6 Å². The number of nitro benzene ring substituents is 1. The van der Waals surface area contributed by atoms with Crippen LogP contribution in [0.2, 0.25) is 0 Å². The number of aliphatic carboxylic acids is 1. The topological polar surface area (TPSA) is 92.5 Å². The van der Waals surface area contributed by atoms with E-state index in [0.29, 0.717) is 5.56 Å². The molecule has 15 heavy (non-hydrogen) atoms. The normalized spacial score (nSPS) is 9.67. The Balaban J connectivity index is 3.10. The minimum atomic E-state index is -1.28.